The molecule has 0 aliphatic heterocycles. The monoisotopic (exact) mass is 388 g/mol. The second-order valence-corrected chi connectivity index (χ2v) is 7.79. The Hall–Kier alpha value is -2.76. The van der Waals surface area contributed by atoms with Crippen molar-refractivity contribution < 1.29 is 18.4 Å². The second kappa shape index (κ2) is 8.95. The van der Waals surface area contributed by atoms with E-state index in [4.69, 9.17) is 0 Å². The smallest absolute Gasteiger partial charge is 0.251 e. The van der Waals surface area contributed by atoms with Crippen LogP contribution in [0.4, 0.5) is 8.78 Å². The Balaban J connectivity index is 1.82. The van der Waals surface area contributed by atoms with Crippen LogP contribution in [0.15, 0.2) is 42.5 Å². The van der Waals surface area contributed by atoms with Crippen LogP contribution in [0.5, 0.6) is 0 Å². The van der Waals surface area contributed by atoms with Gasteiger partial charge in [0.25, 0.3) is 5.91 Å². The Morgan fingerprint density at radius 1 is 1.04 bits per heavy atom. The average Bonchev–Trinajstić information content (AvgIpc) is 2.60. The molecular formula is C22H26F2N2O2. The first-order chi connectivity index (χ1) is 13.1. The molecule has 2 aromatic carbocycles. The topological polar surface area (TPSA) is 58.2 Å². The predicted octanol–water partition coefficient (Wildman–Crippen LogP) is 4.26. The number of carbonyl (C=O) groups is 2. The molecule has 2 aromatic rings. The molecule has 0 aliphatic carbocycles. The number of benzene rings is 2. The molecule has 150 valence electrons. The van der Waals surface area contributed by atoms with Crippen LogP contribution in [0, 0.1) is 11.6 Å². The third kappa shape index (κ3) is 5.87. The van der Waals surface area contributed by atoms with Gasteiger partial charge in [-0.15, -0.1) is 0 Å². The summed E-state index contributed by atoms with van der Waals surface area (Å²) in [7, 11) is 0. The summed E-state index contributed by atoms with van der Waals surface area (Å²) < 4.78 is 26.7. The van der Waals surface area contributed by atoms with Crippen molar-refractivity contribution in [2.45, 2.75) is 45.6 Å². The van der Waals surface area contributed by atoms with Gasteiger partial charge >= 0.3 is 0 Å². The van der Waals surface area contributed by atoms with Crippen LogP contribution in [0.2, 0.25) is 0 Å². The van der Waals surface area contributed by atoms with Crippen LogP contribution < -0.4 is 10.6 Å². The number of rotatable bonds is 6. The van der Waals surface area contributed by atoms with Gasteiger partial charge in [-0.3, -0.25) is 9.59 Å². The molecule has 2 rings (SSSR count). The molecule has 0 unspecified atom stereocenters. The van der Waals surface area contributed by atoms with E-state index in [9.17, 15) is 18.4 Å². The van der Waals surface area contributed by atoms with Gasteiger partial charge in [-0.1, -0.05) is 39.0 Å². The van der Waals surface area contributed by atoms with Crippen molar-refractivity contribution >= 4 is 11.8 Å². The highest BCUT2D eigenvalue weighted by atomic mass is 19.1. The standard InChI is InChI=1S/C22H26F2N2O2/c1-14(18-10-9-17(23)13-19(18)24)26-20(27)11-12-25-21(28)15-5-7-16(8-6-15)22(2,3)4/h5-10,13-14H,11-12H2,1-4H3,(H,25,28)(H,26,27)/t14-/m0/s1. The zero-order valence-corrected chi connectivity index (χ0v) is 16.6. The fraction of sp³-hybridized carbons (Fsp3) is 0.364. The zero-order valence-electron chi connectivity index (χ0n) is 16.6. The van der Waals surface area contributed by atoms with Crippen molar-refractivity contribution in [3.8, 4) is 0 Å². The first kappa shape index (κ1) is 21.5. The molecule has 2 amide bonds. The fourth-order valence-electron chi connectivity index (χ4n) is 2.76. The van der Waals surface area contributed by atoms with Crippen molar-refractivity contribution in [1.82, 2.24) is 10.6 Å². The number of hydrogen-bond donors (Lipinski definition) is 2. The van der Waals surface area contributed by atoms with E-state index in [-0.39, 0.29) is 35.8 Å². The first-order valence-electron chi connectivity index (χ1n) is 9.21. The van der Waals surface area contributed by atoms with E-state index in [1.165, 1.54) is 6.07 Å². The molecule has 0 saturated heterocycles. The summed E-state index contributed by atoms with van der Waals surface area (Å²) in [6.45, 7) is 8.06. The molecule has 0 saturated carbocycles. The summed E-state index contributed by atoms with van der Waals surface area (Å²) in [5.74, 6) is -1.97. The second-order valence-electron chi connectivity index (χ2n) is 7.79. The maximum atomic E-state index is 13.8. The lowest BCUT2D eigenvalue weighted by atomic mass is 9.87. The van der Waals surface area contributed by atoms with Gasteiger partial charge in [0.2, 0.25) is 5.91 Å². The van der Waals surface area contributed by atoms with Gasteiger partial charge in [-0.25, -0.2) is 8.78 Å². The van der Waals surface area contributed by atoms with Gasteiger partial charge in [0, 0.05) is 30.2 Å². The molecule has 0 fully saturated rings. The van der Waals surface area contributed by atoms with Crippen molar-refractivity contribution in [2.75, 3.05) is 6.54 Å². The summed E-state index contributed by atoms with van der Waals surface area (Å²) in [4.78, 5) is 24.2. The minimum Gasteiger partial charge on any atom is -0.352 e. The Bertz CT molecular complexity index is 843. The maximum Gasteiger partial charge on any atom is 0.251 e. The number of halogens is 2. The normalized spacial score (nSPS) is 12.4. The molecular weight excluding hydrogens is 362 g/mol. The van der Waals surface area contributed by atoms with Crippen LogP contribution in [0.3, 0.4) is 0 Å². The van der Waals surface area contributed by atoms with Gasteiger partial charge in [-0.2, -0.15) is 0 Å². The number of amides is 2. The lowest BCUT2D eigenvalue weighted by Gasteiger charge is -2.19. The van der Waals surface area contributed by atoms with E-state index in [1.54, 1.807) is 19.1 Å². The Kier molecular flexibility index (Phi) is 6.89. The maximum absolute atomic E-state index is 13.8. The van der Waals surface area contributed by atoms with Gasteiger partial charge in [0.15, 0.2) is 0 Å². The van der Waals surface area contributed by atoms with Crippen molar-refractivity contribution in [3.63, 3.8) is 0 Å². The van der Waals surface area contributed by atoms with Crippen LogP contribution in [-0.4, -0.2) is 18.4 Å². The minimum atomic E-state index is -0.709. The van der Waals surface area contributed by atoms with E-state index in [0.29, 0.717) is 5.56 Å². The van der Waals surface area contributed by atoms with Gasteiger partial charge in [-0.05, 0) is 36.1 Å². The molecule has 0 aliphatic rings. The highest BCUT2D eigenvalue weighted by molar-refractivity contribution is 5.94. The summed E-state index contributed by atoms with van der Waals surface area (Å²) in [6, 6.07) is 9.98. The SMILES string of the molecule is C[C@H](NC(=O)CCNC(=O)c1ccc(C(C)(C)C)cc1)c1ccc(F)cc1F. The molecule has 28 heavy (non-hydrogen) atoms. The molecule has 4 nitrogen and oxygen atoms in total. The van der Waals surface area contributed by atoms with Crippen molar-refractivity contribution in [2.24, 2.45) is 0 Å². The summed E-state index contributed by atoms with van der Waals surface area (Å²) in [5.41, 5.74) is 1.87. The van der Waals surface area contributed by atoms with Crippen LogP contribution in [0.1, 0.15) is 61.6 Å². The summed E-state index contributed by atoms with van der Waals surface area (Å²) in [5, 5.41) is 5.34. The largest absolute Gasteiger partial charge is 0.352 e. The quantitative estimate of drug-likeness (QED) is 0.777. The molecule has 0 radical (unpaired) electrons. The fourth-order valence-corrected chi connectivity index (χ4v) is 2.76. The molecule has 6 heteroatoms. The van der Waals surface area contributed by atoms with Crippen molar-refractivity contribution in [1.29, 1.82) is 0 Å². The minimum absolute atomic E-state index is 0.00772. The van der Waals surface area contributed by atoms with Crippen molar-refractivity contribution in [3.05, 3.63) is 70.8 Å². The highest BCUT2D eigenvalue weighted by Crippen LogP contribution is 2.22. The molecule has 0 heterocycles. The summed E-state index contributed by atoms with van der Waals surface area (Å²) in [6.07, 6.45) is 0.0545. The molecule has 0 spiro atoms. The Labute approximate surface area is 164 Å². The lowest BCUT2D eigenvalue weighted by molar-refractivity contribution is -0.121. The third-order valence-corrected chi connectivity index (χ3v) is 4.46. The Morgan fingerprint density at radius 3 is 2.25 bits per heavy atom. The number of carbonyl (C=O) groups excluding carboxylic acids is 2. The van der Waals surface area contributed by atoms with Gasteiger partial charge in [0.05, 0.1) is 6.04 Å². The molecule has 1 atom stereocenters. The van der Waals surface area contributed by atoms with E-state index in [0.717, 1.165) is 17.7 Å². The zero-order chi connectivity index (χ0) is 20.9. The predicted molar refractivity (Wildman–Crippen MR) is 105 cm³/mol. The lowest BCUT2D eigenvalue weighted by Crippen LogP contribution is -2.32. The van der Waals surface area contributed by atoms with Crippen LogP contribution >= 0.6 is 0 Å². The third-order valence-electron chi connectivity index (χ3n) is 4.46. The van der Waals surface area contributed by atoms with E-state index < -0.39 is 17.7 Å². The van der Waals surface area contributed by atoms with E-state index in [1.807, 2.05) is 12.1 Å². The van der Waals surface area contributed by atoms with E-state index >= 15 is 0 Å². The van der Waals surface area contributed by atoms with Gasteiger partial charge < -0.3 is 10.6 Å². The van der Waals surface area contributed by atoms with Crippen LogP contribution in [0.25, 0.3) is 0 Å². The number of nitrogens with one attached hydrogen (secondary N) is 2. The number of hydrogen-bond acceptors (Lipinski definition) is 2. The highest BCUT2D eigenvalue weighted by Gasteiger charge is 2.16. The molecule has 0 aromatic heterocycles. The molecule has 0 bridgehead atoms. The van der Waals surface area contributed by atoms with Crippen LogP contribution in [-0.2, 0) is 10.2 Å². The Morgan fingerprint density at radius 2 is 1.68 bits per heavy atom. The van der Waals surface area contributed by atoms with E-state index in [2.05, 4.69) is 31.4 Å². The molecule has 2 N–H and O–H groups in total. The van der Waals surface area contributed by atoms with Gasteiger partial charge in [0.1, 0.15) is 11.6 Å². The summed E-state index contributed by atoms with van der Waals surface area (Å²) >= 11 is 0. The first-order valence-corrected chi connectivity index (χ1v) is 9.21. The average molecular weight is 388 g/mol.